The van der Waals surface area contributed by atoms with E-state index in [4.69, 9.17) is 5.73 Å². The summed E-state index contributed by atoms with van der Waals surface area (Å²) in [7, 11) is 0. The number of nitrogens with zero attached hydrogens (tertiary/aromatic N) is 2. The third-order valence-corrected chi connectivity index (χ3v) is 3.48. The molecule has 0 saturated heterocycles. The van der Waals surface area contributed by atoms with E-state index in [0.29, 0.717) is 5.69 Å². The Morgan fingerprint density at radius 3 is 2.62 bits per heavy atom. The van der Waals surface area contributed by atoms with E-state index in [-0.39, 0.29) is 19.4 Å². The van der Waals surface area contributed by atoms with Crippen molar-refractivity contribution >= 4 is 0 Å². The van der Waals surface area contributed by atoms with E-state index in [1.165, 1.54) is 10.9 Å². The predicted octanol–water partition coefficient (Wildman–Crippen LogP) is 2.25. The van der Waals surface area contributed by atoms with Crippen molar-refractivity contribution in [3.63, 3.8) is 0 Å². The molecule has 1 atom stereocenters. The largest absolute Gasteiger partial charge is 0.396 e. The average molecular weight is 233 g/mol. The van der Waals surface area contributed by atoms with Gasteiger partial charge in [-0.2, -0.15) is 18.3 Å². The summed E-state index contributed by atoms with van der Waals surface area (Å²) in [5.41, 5.74) is 4.51. The molecular weight excluding hydrogens is 219 g/mol. The molecule has 1 aromatic rings. The van der Waals surface area contributed by atoms with Crippen LogP contribution in [0.15, 0.2) is 12.3 Å². The predicted molar refractivity (Wildman–Crippen MR) is 52.6 cm³/mol. The molecule has 1 aliphatic rings. The van der Waals surface area contributed by atoms with Gasteiger partial charge in [-0.1, -0.05) is 0 Å². The summed E-state index contributed by atoms with van der Waals surface area (Å²) in [5, 5.41) is 3.94. The molecule has 6 heteroatoms. The number of rotatable bonds is 3. The Kier molecular flexibility index (Phi) is 2.49. The zero-order valence-corrected chi connectivity index (χ0v) is 8.96. The first-order valence-electron chi connectivity index (χ1n) is 5.21. The van der Waals surface area contributed by atoms with Crippen molar-refractivity contribution in [2.24, 2.45) is 11.1 Å². The third-order valence-electron chi connectivity index (χ3n) is 3.48. The van der Waals surface area contributed by atoms with Gasteiger partial charge in [0.1, 0.15) is 0 Å². The minimum Gasteiger partial charge on any atom is -0.325 e. The van der Waals surface area contributed by atoms with Gasteiger partial charge in [0.15, 0.2) is 0 Å². The highest BCUT2D eigenvalue weighted by atomic mass is 19.4. The first-order valence-corrected chi connectivity index (χ1v) is 5.21. The molecule has 1 saturated carbocycles. The summed E-state index contributed by atoms with van der Waals surface area (Å²) in [6.45, 7) is 1.77. The Hall–Kier alpha value is -1.04. The molecule has 0 amide bonds. The van der Waals surface area contributed by atoms with Gasteiger partial charge in [-0.3, -0.25) is 4.68 Å². The average Bonchev–Trinajstić information content (AvgIpc) is 2.89. The zero-order valence-electron chi connectivity index (χ0n) is 8.96. The molecule has 3 nitrogen and oxygen atoms in total. The van der Waals surface area contributed by atoms with Crippen molar-refractivity contribution in [2.45, 2.75) is 38.5 Å². The highest BCUT2D eigenvalue weighted by Crippen LogP contribution is 2.63. The SMILES string of the molecule is C[C@@H](n1nccc1CN)C1(C(F)(F)F)CC1. The molecule has 0 unspecified atom stereocenters. The topological polar surface area (TPSA) is 43.8 Å². The van der Waals surface area contributed by atoms with Gasteiger partial charge < -0.3 is 5.73 Å². The maximum atomic E-state index is 12.9. The molecule has 1 fully saturated rings. The molecule has 1 heterocycles. The number of alkyl halides is 3. The molecule has 0 spiro atoms. The summed E-state index contributed by atoms with van der Waals surface area (Å²) in [5.74, 6) is 0. The van der Waals surface area contributed by atoms with Crippen molar-refractivity contribution in [1.29, 1.82) is 0 Å². The fourth-order valence-electron chi connectivity index (χ4n) is 2.16. The quantitative estimate of drug-likeness (QED) is 0.870. The minimum absolute atomic E-state index is 0.182. The molecule has 0 bridgehead atoms. The van der Waals surface area contributed by atoms with Crippen LogP contribution >= 0.6 is 0 Å². The van der Waals surface area contributed by atoms with Gasteiger partial charge in [-0.15, -0.1) is 0 Å². The summed E-state index contributed by atoms with van der Waals surface area (Å²) < 4.78 is 40.1. The van der Waals surface area contributed by atoms with E-state index in [1.807, 2.05) is 0 Å². The fraction of sp³-hybridized carbons (Fsp3) is 0.700. The lowest BCUT2D eigenvalue weighted by Gasteiger charge is -2.27. The Morgan fingerprint density at radius 1 is 1.56 bits per heavy atom. The van der Waals surface area contributed by atoms with Crippen molar-refractivity contribution < 1.29 is 13.2 Å². The van der Waals surface area contributed by atoms with E-state index >= 15 is 0 Å². The Balaban J connectivity index is 2.30. The second-order valence-electron chi connectivity index (χ2n) is 4.30. The van der Waals surface area contributed by atoms with Gasteiger partial charge >= 0.3 is 6.18 Å². The van der Waals surface area contributed by atoms with Crippen LogP contribution in [0.4, 0.5) is 13.2 Å². The van der Waals surface area contributed by atoms with Crippen LogP contribution in [0, 0.1) is 5.41 Å². The van der Waals surface area contributed by atoms with E-state index < -0.39 is 17.6 Å². The molecule has 0 radical (unpaired) electrons. The van der Waals surface area contributed by atoms with E-state index in [0.717, 1.165) is 0 Å². The summed E-state index contributed by atoms with van der Waals surface area (Å²) in [4.78, 5) is 0. The third kappa shape index (κ3) is 1.52. The first kappa shape index (κ1) is 11.4. The molecule has 1 aromatic heterocycles. The van der Waals surface area contributed by atoms with Crippen molar-refractivity contribution in [2.75, 3.05) is 0 Å². The van der Waals surface area contributed by atoms with Crippen LogP contribution in [0.2, 0.25) is 0 Å². The Bertz CT molecular complexity index is 379. The second-order valence-corrected chi connectivity index (χ2v) is 4.30. The summed E-state index contributed by atoms with van der Waals surface area (Å²) in [6.07, 6.45) is -2.31. The molecule has 1 aliphatic carbocycles. The molecule has 16 heavy (non-hydrogen) atoms. The van der Waals surface area contributed by atoms with Crippen LogP contribution in [0.1, 0.15) is 31.5 Å². The Morgan fingerprint density at radius 2 is 2.19 bits per heavy atom. The lowest BCUT2D eigenvalue weighted by atomic mass is 9.97. The maximum absolute atomic E-state index is 12.9. The second kappa shape index (κ2) is 3.48. The highest BCUT2D eigenvalue weighted by Gasteiger charge is 2.66. The molecule has 0 aliphatic heterocycles. The van der Waals surface area contributed by atoms with Crippen LogP contribution < -0.4 is 5.73 Å². The van der Waals surface area contributed by atoms with Crippen molar-refractivity contribution in [3.05, 3.63) is 18.0 Å². The van der Waals surface area contributed by atoms with E-state index in [2.05, 4.69) is 5.10 Å². The summed E-state index contributed by atoms with van der Waals surface area (Å²) in [6, 6.07) is 0.976. The molecule has 2 rings (SSSR count). The maximum Gasteiger partial charge on any atom is 0.396 e. The van der Waals surface area contributed by atoms with Gasteiger partial charge in [0.2, 0.25) is 0 Å². The number of nitrogens with two attached hydrogens (primary N) is 1. The van der Waals surface area contributed by atoms with Crippen molar-refractivity contribution in [1.82, 2.24) is 9.78 Å². The van der Waals surface area contributed by atoms with Gasteiger partial charge in [-0.25, -0.2) is 0 Å². The van der Waals surface area contributed by atoms with Gasteiger partial charge in [-0.05, 0) is 25.8 Å². The Labute approximate surface area is 91.4 Å². The number of aromatic nitrogens is 2. The van der Waals surface area contributed by atoms with Crippen LogP contribution in [-0.2, 0) is 6.54 Å². The normalized spacial score (nSPS) is 20.8. The number of hydrogen-bond donors (Lipinski definition) is 1. The first-order chi connectivity index (χ1) is 7.42. The van der Waals surface area contributed by atoms with Crippen LogP contribution in [-0.4, -0.2) is 16.0 Å². The van der Waals surface area contributed by atoms with E-state index in [1.54, 1.807) is 13.0 Å². The zero-order chi connectivity index (χ0) is 12.0. The lowest BCUT2D eigenvalue weighted by Crippen LogP contribution is -2.34. The molecule has 0 aromatic carbocycles. The fourth-order valence-corrected chi connectivity index (χ4v) is 2.16. The monoisotopic (exact) mass is 233 g/mol. The summed E-state index contributed by atoms with van der Waals surface area (Å²) >= 11 is 0. The lowest BCUT2D eigenvalue weighted by molar-refractivity contribution is -0.199. The van der Waals surface area contributed by atoms with Crippen LogP contribution in [0.25, 0.3) is 0 Å². The standard InChI is InChI=1S/C10H14F3N3/c1-7(9(3-4-9)10(11,12)13)16-8(6-14)2-5-15-16/h2,5,7H,3-4,6,14H2,1H3/t7-/m1/s1. The number of hydrogen-bond acceptors (Lipinski definition) is 2. The van der Waals surface area contributed by atoms with Gasteiger partial charge in [0.25, 0.3) is 0 Å². The van der Waals surface area contributed by atoms with Crippen LogP contribution in [0.5, 0.6) is 0 Å². The van der Waals surface area contributed by atoms with Crippen LogP contribution in [0.3, 0.4) is 0 Å². The molecular formula is C10H14F3N3. The highest BCUT2D eigenvalue weighted by molar-refractivity contribution is 5.09. The molecule has 90 valence electrons. The minimum atomic E-state index is -4.16. The van der Waals surface area contributed by atoms with E-state index in [9.17, 15) is 13.2 Å². The smallest absolute Gasteiger partial charge is 0.325 e. The van der Waals surface area contributed by atoms with Gasteiger partial charge in [0.05, 0.1) is 17.2 Å². The van der Waals surface area contributed by atoms with Gasteiger partial charge in [0, 0.05) is 12.7 Å². The van der Waals surface area contributed by atoms with Crippen molar-refractivity contribution in [3.8, 4) is 0 Å². The number of halogens is 3. The molecule has 2 N–H and O–H groups in total.